The summed E-state index contributed by atoms with van der Waals surface area (Å²) < 4.78 is 1.12. The lowest BCUT2D eigenvalue weighted by Crippen LogP contribution is -2.25. The molecule has 0 aliphatic carbocycles. The zero-order chi connectivity index (χ0) is 23.7. The Hall–Kier alpha value is -2.84. The Labute approximate surface area is 207 Å². The van der Waals surface area contributed by atoms with E-state index in [4.69, 9.17) is 0 Å². The first kappa shape index (κ1) is 23.3. The van der Waals surface area contributed by atoms with E-state index in [1.54, 1.807) is 0 Å². The average molecular weight is 499 g/mol. The Balaban J connectivity index is 1.73. The van der Waals surface area contributed by atoms with Crippen LogP contribution in [0.3, 0.4) is 0 Å². The topological polar surface area (TPSA) is 3.24 Å². The van der Waals surface area contributed by atoms with Gasteiger partial charge in [-0.1, -0.05) is 58.4 Å². The van der Waals surface area contributed by atoms with Gasteiger partial charge in [0.25, 0.3) is 0 Å². The lowest BCUT2D eigenvalue weighted by atomic mass is 9.95. The molecule has 0 saturated carbocycles. The number of aryl methyl sites for hydroxylation is 4. The van der Waals surface area contributed by atoms with Crippen LogP contribution in [0.15, 0.2) is 83.3 Å². The molecular weight excluding hydrogens is 466 g/mol. The second-order valence-corrected chi connectivity index (χ2v) is 10.2. The predicted octanol–water partition coefficient (Wildman–Crippen LogP) is 9.56. The highest BCUT2D eigenvalue weighted by molar-refractivity contribution is 9.10. The smallest absolute Gasteiger partial charge is 0.0416 e. The van der Waals surface area contributed by atoms with Crippen LogP contribution in [0.4, 0.5) is 11.4 Å². The number of rotatable bonds is 5. The van der Waals surface area contributed by atoms with E-state index in [1.165, 1.54) is 55.9 Å². The number of anilines is 2. The fraction of sp³-hybridized carbons (Fsp3) is 0.226. The highest BCUT2D eigenvalue weighted by atomic mass is 79.9. The van der Waals surface area contributed by atoms with E-state index >= 15 is 0 Å². The van der Waals surface area contributed by atoms with Crippen LogP contribution in [-0.2, 0) is 0 Å². The third-order valence-corrected chi connectivity index (χ3v) is 6.90. The van der Waals surface area contributed by atoms with Gasteiger partial charge in [0.1, 0.15) is 0 Å². The van der Waals surface area contributed by atoms with Crippen molar-refractivity contribution < 1.29 is 0 Å². The van der Waals surface area contributed by atoms with E-state index in [0.29, 0.717) is 6.04 Å². The molecule has 0 amide bonds. The largest absolute Gasteiger partial charge is 0.339 e. The van der Waals surface area contributed by atoms with Crippen LogP contribution in [0.25, 0.3) is 22.3 Å². The van der Waals surface area contributed by atoms with Gasteiger partial charge in [-0.25, -0.2) is 0 Å². The molecule has 33 heavy (non-hydrogen) atoms. The quantitative estimate of drug-likeness (QED) is 0.265. The van der Waals surface area contributed by atoms with E-state index in [0.717, 1.165) is 4.47 Å². The molecule has 4 aromatic carbocycles. The van der Waals surface area contributed by atoms with E-state index in [-0.39, 0.29) is 0 Å². The maximum absolute atomic E-state index is 3.58. The fourth-order valence-corrected chi connectivity index (χ4v) is 5.23. The van der Waals surface area contributed by atoms with Gasteiger partial charge in [-0.05, 0) is 122 Å². The summed E-state index contributed by atoms with van der Waals surface area (Å²) in [6.45, 7) is 13.3. The van der Waals surface area contributed by atoms with Crippen molar-refractivity contribution in [2.45, 2.75) is 47.6 Å². The lowest BCUT2D eigenvalue weighted by molar-refractivity contribution is 0.788. The molecule has 4 aromatic rings. The Bertz CT molecular complexity index is 1300. The third-order valence-electron chi connectivity index (χ3n) is 6.41. The van der Waals surface area contributed by atoms with Crippen molar-refractivity contribution in [3.05, 3.63) is 106 Å². The molecule has 0 fully saturated rings. The minimum absolute atomic E-state index is 0.341. The van der Waals surface area contributed by atoms with E-state index in [9.17, 15) is 0 Å². The summed E-state index contributed by atoms with van der Waals surface area (Å²) in [5.74, 6) is 0. The molecule has 0 N–H and O–H groups in total. The van der Waals surface area contributed by atoms with Crippen molar-refractivity contribution in [2.24, 2.45) is 0 Å². The first-order valence-corrected chi connectivity index (χ1v) is 12.4. The molecule has 4 rings (SSSR count). The molecular formula is C31H32BrN. The number of hydrogen-bond acceptors (Lipinski definition) is 1. The average Bonchev–Trinajstić information content (AvgIpc) is 2.75. The van der Waals surface area contributed by atoms with Crippen LogP contribution in [0.2, 0.25) is 0 Å². The van der Waals surface area contributed by atoms with Crippen LogP contribution in [0, 0.1) is 27.7 Å². The van der Waals surface area contributed by atoms with Gasteiger partial charge in [0.2, 0.25) is 0 Å². The van der Waals surface area contributed by atoms with E-state index in [1.807, 2.05) is 0 Å². The van der Waals surface area contributed by atoms with Crippen molar-refractivity contribution in [3.63, 3.8) is 0 Å². The van der Waals surface area contributed by atoms with Crippen LogP contribution in [0.5, 0.6) is 0 Å². The third kappa shape index (κ3) is 4.77. The van der Waals surface area contributed by atoms with Crippen molar-refractivity contribution in [1.82, 2.24) is 0 Å². The number of hydrogen-bond donors (Lipinski definition) is 0. The molecule has 0 atom stereocenters. The van der Waals surface area contributed by atoms with Gasteiger partial charge in [-0.15, -0.1) is 0 Å². The number of nitrogens with zero attached hydrogens (tertiary/aromatic N) is 1. The SMILES string of the molecule is Cc1ccccc1-c1ccc(N(c2ccc(-c3ccc(Br)cc3C)c(C)c2)C(C)C)cc1C. The molecule has 1 nitrogen and oxygen atoms in total. The first-order valence-electron chi connectivity index (χ1n) is 11.6. The minimum atomic E-state index is 0.341. The normalized spacial score (nSPS) is 11.2. The standard InChI is InChI=1S/C31H32BrN/c1-20(2)33(26-12-15-30(23(5)18-26)28-10-8-7-9-21(28)3)27-13-16-31(24(6)19-27)29-14-11-25(32)17-22(29)4/h7-20H,1-6H3. The molecule has 0 saturated heterocycles. The van der Waals surface area contributed by atoms with E-state index in [2.05, 4.69) is 141 Å². The summed E-state index contributed by atoms with van der Waals surface area (Å²) in [6.07, 6.45) is 0. The molecule has 0 unspecified atom stereocenters. The van der Waals surface area contributed by atoms with Gasteiger partial charge in [0.15, 0.2) is 0 Å². The van der Waals surface area contributed by atoms with Crippen molar-refractivity contribution in [3.8, 4) is 22.3 Å². The van der Waals surface area contributed by atoms with Crippen molar-refractivity contribution in [1.29, 1.82) is 0 Å². The molecule has 168 valence electrons. The monoisotopic (exact) mass is 497 g/mol. The van der Waals surface area contributed by atoms with Crippen LogP contribution in [0.1, 0.15) is 36.1 Å². The first-order chi connectivity index (χ1) is 15.8. The molecule has 0 aromatic heterocycles. The second-order valence-electron chi connectivity index (χ2n) is 9.24. The number of halogens is 1. The minimum Gasteiger partial charge on any atom is -0.339 e. The maximum Gasteiger partial charge on any atom is 0.0416 e. The molecule has 0 aliphatic heterocycles. The summed E-state index contributed by atoms with van der Waals surface area (Å²) >= 11 is 3.58. The molecule has 0 spiro atoms. The van der Waals surface area contributed by atoms with Gasteiger partial charge >= 0.3 is 0 Å². The van der Waals surface area contributed by atoms with Crippen LogP contribution in [-0.4, -0.2) is 6.04 Å². The lowest BCUT2D eigenvalue weighted by Gasteiger charge is -2.30. The summed E-state index contributed by atoms with van der Waals surface area (Å²) in [6, 6.07) is 29.2. The molecule has 0 aliphatic rings. The van der Waals surface area contributed by atoms with Gasteiger partial charge in [-0.2, -0.15) is 0 Å². The number of benzene rings is 4. The summed E-state index contributed by atoms with van der Waals surface area (Å²) in [5.41, 5.74) is 12.8. The highest BCUT2D eigenvalue weighted by Gasteiger charge is 2.17. The molecule has 0 heterocycles. The highest BCUT2D eigenvalue weighted by Crippen LogP contribution is 2.36. The Morgan fingerprint density at radius 2 is 1.00 bits per heavy atom. The molecule has 2 heteroatoms. The Morgan fingerprint density at radius 3 is 1.45 bits per heavy atom. The van der Waals surface area contributed by atoms with Crippen molar-refractivity contribution >= 4 is 27.3 Å². The van der Waals surface area contributed by atoms with Gasteiger partial charge < -0.3 is 4.90 Å². The van der Waals surface area contributed by atoms with Crippen molar-refractivity contribution in [2.75, 3.05) is 4.90 Å². The summed E-state index contributed by atoms with van der Waals surface area (Å²) in [5, 5.41) is 0. The Morgan fingerprint density at radius 1 is 0.545 bits per heavy atom. The zero-order valence-corrected chi connectivity index (χ0v) is 22.0. The summed E-state index contributed by atoms with van der Waals surface area (Å²) in [7, 11) is 0. The fourth-order valence-electron chi connectivity index (χ4n) is 4.75. The van der Waals surface area contributed by atoms with Gasteiger partial charge in [0.05, 0.1) is 0 Å². The van der Waals surface area contributed by atoms with Crippen LogP contribution >= 0.6 is 15.9 Å². The van der Waals surface area contributed by atoms with E-state index < -0.39 is 0 Å². The van der Waals surface area contributed by atoms with Gasteiger partial charge in [-0.3, -0.25) is 0 Å². The maximum atomic E-state index is 3.58. The Kier molecular flexibility index (Phi) is 6.76. The predicted molar refractivity (Wildman–Crippen MR) is 148 cm³/mol. The second kappa shape index (κ2) is 9.57. The molecule has 0 radical (unpaired) electrons. The summed E-state index contributed by atoms with van der Waals surface area (Å²) in [4.78, 5) is 2.43. The van der Waals surface area contributed by atoms with Crippen LogP contribution < -0.4 is 4.90 Å². The zero-order valence-electron chi connectivity index (χ0n) is 20.4. The molecule has 0 bridgehead atoms. The van der Waals surface area contributed by atoms with Gasteiger partial charge in [0, 0.05) is 21.9 Å².